The molecule has 2 aromatic heterocycles. The van der Waals surface area contributed by atoms with E-state index in [9.17, 15) is 0 Å². The van der Waals surface area contributed by atoms with Gasteiger partial charge < -0.3 is 15.6 Å². The molecule has 1 aliphatic carbocycles. The highest BCUT2D eigenvalue weighted by molar-refractivity contribution is 6.10. The summed E-state index contributed by atoms with van der Waals surface area (Å²) in [4.78, 5) is 9.17. The maximum Gasteiger partial charge on any atom is 0.225 e. The minimum Gasteiger partial charge on any atom is -0.383 e. The third kappa shape index (κ3) is 3.69. The van der Waals surface area contributed by atoms with E-state index in [2.05, 4.69) is 88.1 Å². The Bertz CT molecular complexity index is 1280. The molecule has 0 aliphatic heterocycles. The Morgan fingerprint density at radius 2 is 1.90 bits per heavy atom. The van der Waals surface area contributed by atoms with Crippen LogP contribution in [0.3, 0.4) is 0 Å². The van der Waals surface area contributed by atoms with E-state index in [-0.39, 0.29) is 0 Å². The van der Waals surface area contributed by atoms with E-state index in [0.29, 0.717) is 23.7 Å². The van der Waals surface area contributed by atoms with Gasteiger partial charge in [0.2, 0.25) is 5.95 Å². The minimum atomic E-state index is 0.378. The van der Waals surface area contributed by atoms with Crippen molar-refractivity contribution in [3.05, 3.63) is 59.8 Å². The Morgan fingerprint density at radius 3 is 2.63 bits per heavy atom. The lowest BCUT2D eigenvalue weighted by atomic mass is 10.1. The van der Waals surface area contributed by atoms with Gasteiger partial charge in [0.15, 0.2) is 0 Å². The van der Waals surface area contributed by atoms with Crippen LogP contribution in [0, 0.1) is 17.8 Å². The van der Waals surface area contributed by atoms with E-state index < -0.39 is 0 Å². The number of nitrogens with two attached hydrogens (primary N) is 1. The van der Waals surface area contributed by atoms with Gasteiger partial charge in [0.1, 0.15) is 5.82 Å². The van der Waals surface area contributed by atoms with Crippen molar-refractivity contribution in [1.29, 1.82) is 0 Å². The standard InChI is InChI=1S/C25H25N5/c1-16(2)3-4-17-5-7-18(8-6-17)15-30-14-13-20-22(30)12-11-21-23(20)24(26)29-25(28-21)27-19-9-10-19/h5-8,11-14,16,19H,9-10,15H2,1-2H3,(H3,26,27,28,29). The van der Waals surface area contributed by atoms with Crippen molar-refractivity contribution in [3.8, 4) is 11.8 Å². The molecule has 5 rings (SSSR count). The molecule has 2 aromatic carbocycles. The highest BCUT2D eigenvalue weighted by Gasteiger charge is 2.22. The number of hydrogen-bond acceptors (Lipinski definition) is 4. The van der Waals surface area contributed by atoms with Gasteiger partial charge in [-0.05, 0) is 48.7 Å². The quantitative estimate of drug-likeness (QED) is 0.487. The van der Waals surface area contributed by atoms with E-state index in [4.69, 9.17) is 5.73 Å². The number of rotatable bonds is 4. The average molecular weight is 396 g/mol. The third-order valence-corrected chi connectivity index (χ3v) is 5.36. The average Bonchev–Trinajstić information content (AvgIpc) is 3.45. The summed E-state index contributed by atoms with van der Waals surface area (Å²) in [6, 6.07) is 15.2. The van der Waals surface area contributed by atoms with Gasteiger partial charge in [-0.25, -0.2) is 4.98 Å². The van der Waals surface area contributed by atoms with Gasteiger partial charge >= 0.3 is 0 Å². The van der Waals surface area contributed by atoms with Crippen LogP contribution in [0.5, 0.6) is 0 Å². The SMILES string of the molecule is CC(C)C#Cc1ccc(Cn2ccc3c4c(N)nc(NC5CC5)nc4ccc32)cc1. The molecule has 0 radical (unpaired) electrons. The first-order valence-electron chi connectivity index (χ1n) is 10.5. The van der Waals surface area contributed by atoms with Crippen LogP contribution in [0.15, 0.2) is 48.7 Å². The third-order valence-electron chi connectivity index (χ3n) is 5.36. The summed E-state index contributed by atoms with van der Waals surface area (Å²) in [6.45, 7) is 4.99. The number of benzene rings is 2. The van der Waals surface area contributed by atoms with E-state index in [1.54, 1.807) is 0 Å². The molecule has 2 heterocycles. The molecule has 1 aliphatic rings. The lowest BCUT2D eigenvalue weighted by Gasteiger charge is -2.09. The predicted molar refractivity (Wildman–Crippen MR) is 123 cm³/mol. The Morgan fingerprint density at radius 1 is 1.10 bits per heavy atom. The molecule has 4 aromatic rings. The predicted octanol–water partition coefficient (Wildman–Crippen LogP) is 4.80. The number of nitrogens with zero attached hydrogens (tertiary/aromatic N) is 3. The fraction of sp³-hybridized carbons (Fsp3) is 0.280. The number of fused-ring (bicyclic) bond motifs is 3. The monoisotopic (exact) mass is 395 g/mol. The molecule has 5 heteroatoms. The maximum absolute atomic E-state index is 6.33. The van der Waals surface area contributed by atoms with E-state index in [1.807, 2.05) is 6.07 Å². The zero-order valence-corrected chi connectivity index (χ0v) is 17.3. The Balaban J connectivity index is 1.45. The molecule has 1 fully saturated rings. The van der Waals surface area contributed by atoms with Gasteiger partial charge in [-0.3, -0.25) is 0 Å². The normalized spacial score (nSPS) is 13.6. The second-order valence-electron chi connectivity index (χ2n) is 8.31. The second-order valence-corrected chi connectivity index (χ2v) is 8.31. The molecule has 0 amide bonds. The van der Waals surface area contributed by atoms with Crippen molar-refractivity contribution >= 4 is 33.6 Å². The van der Waals surface area contributed by atoms with Crippen LogP contribution in [0.1, 0.15) is 37.8 Å². The van der Waals surface area contributed by atoms with Crippen LogP contribution < -0.4 is 11.1 Å². The summed E-state index contributed by atoms with van der Waals surface area (Å²) >= 11 is 0. The summed E-state index contributed by atoms with van der Waals surface area (Å²) in [7, 11) is 0. The van der Waals surface area contributed by atoms with Gasteiger partial charge in [-0.2, -0.15) is 4.98 Å². The van der Waals surface area contributed by atoms with Crippen LogP contribution in [-0.2, 0) is 6.54 Å². The lowest BCUT2D eigenvalue weighted by Crippen LogP contribution is -2.07. The Kier molecular flexibility index (Phi) is 4.55. The van der Waals surface area contributed by atoms with Crippen LogP contribution in [0.2, 0.25) is 0 Å². The molecule has 0 spiro atoms. The van der Waals surface area contributed by atoms with Gasteiger partial charge in [0.05, 0.1) is 10.9 Å². The van der Waals surface area contributed by atoms with Gasteiger partial charge in [0.25, 0.3) is 0 Å². The van der Waals surface area contributed by atoms with E-state index in [1.165, 1.54) is 18.4 Å². The van der Waals surface area contributed by atoms with Gasteiger partial charge in [-0.1, -0.05) is 37.8 Å². The Hall–Kier alpha value is -3.52. The summed E-state index contributed by atoms with van der Waals surface area (Å²) in [5.74, 6) is 7.96. The van der Waals surface area contributed by atoms with Crippen molar-refractivity contribution in [3.63, 3.8) is 0 Å². The van der Waals surface area contributed by atoms with Crippen LogP contribution >= 0.6 is 0 Å². The van der Waals surface area contributed by atoms with Gasteiger partial charge in [-0.15, -0.1) is 0 Å². The summed E-state index contributed by atoms with van der Waals surface area (Å²) < 4.78 is 2.24. The smallest absolute Gasteiger partial charge is 0.225 e. The van der Waals surface area contributed by atoms with E-state index >= 15 is 0 Å². The second kappa shape index (κ2) is 7.38. The molecule has 0 atom stereocenters. The zero-order chi connectivity index (χ0) is 20.7. The first kappa shape index (κ1) is 18.5. The highest BCUT2D eigenvalue weighted by Crippen LogP contribution is 2.31. The Labute approximate surface area is 176 Å². The number of aromatic nitrogens is 3. The first-order chi connectivity index (χ1) is 14.6. The number of nitrogen functional groups attached to an aromatic ring is 1. The molecular formula is C25H25N5. The summed E-state index contributed by atoms with van der Waals surface area (Å²) in [6.07, 6.45) is 4.45. The summed E-state index contributed by atoms with van der Waals surface area (Å²) in [5, 5.41) is 5.35. The molecule has 150 valence electrons. The minimum absolute atomic E-state index is 0.378. The van der Waals surface area contributed by atoms with Crippen LogP contribution in [0.25, 0.3) is 21.8 Å². The van der Waals surface area contributed by atoms with E-state index in [0.717, 1.165) is 33.9 Å². The highest BCUT2D eigenvalue weighted by atomic mass is 15.1. The topological polar surface area (TPSA) is 68.8 Å². The lowest BCUT2D eigenvalue weighted by molar-refractivity contribution is 0.837. The molecular weight excluding hydrogens is 370 g/mol. The molecule has 30 heavy (non-hydrogen) atoms. The van der Waals surface area contributed by atoms with Crippen molar-refractivity contribution in [2.45, 2.75) is 39.3 Å². The van der Waals surface area contributed by atoms with Gasteiger partial charge in [0, 0.05) is 41.2 Å². The molecule has 0 bridgehead atoms. The molecule has 0 saturated heterocycles. The first-order valence-corrected chi connectivity index (χ1v) is 10.5. The molecule has 1 saturated carbocycles. The number of anilines is 2. The summed E-state index contributed by atoms with van der Waals surface area (Å²) in [5.41, 5.74) is 10.6. The van der Waals surface area contributed by atoms with Crippen molar-refractivity contribution in [2.75, 3.05) is 11.1 Å². The number of nitrogens with one attached hydrogen (secondary N) is 1. The molecule has 5 nitrogen and oxygen atoms in total. The van der Waals surface area contributed by atoms with Crippen molar-refractivity contribution < 1.29 is 0 Å². The van der Waals surface area contributed by atoms with Crippen LogP contribution in [0.4, 0.5) is 11.8 Å². The largest absolute Gasteiger partial charge is 0.383 e. The van der Waals surface area contributed by atoms with Crippen molar-refractivity contribution in [1.82, 2.24) is 14.5 Å². The number of hydrogen-bond donors (Lipinski definition) is 2. The van der Waals surface area contributed by atoms with Crippen LogP contribution in [-0.4, -0.2) is 20.6 Å². The fourth-order valence-electron chi connectivity index (χ4n) is 3.66. The van der Waals surface area contributed by atoms with Crippen molar-refractivity contribution in [2.24, 2.45) is 5.92 Å². The zero-order valence-electron chi connectivity index (χ0n) is 17.3. The fourth-order valence-corrected chi connectivity index (χ4v) is 3.66. The molecule has 0 unspecified atom stereocenters. The molecule has 3 N–H and O–H groups in total. The maximum atomic E-state index is 6.33.